The topological polar surface area (TPSA) is 80.3 Å². The monoisotopic (exact) mass is 348 g/mol. The lowest BCUT2D eigenvalue weighted by Crippen LogP contribution is -2.54. The Bertz CT molecular complexity index is 688. The second-order valence-electron chi connectivity index (χ2n) is 6.20. The van der Waals surface area contributed by atoms with Crippen molar-refractivity contribution in [3.05, 3.63) is 28.8 Å². The Hall–Kier alpha value is -2.10. The molecule has 6 nitrogen and oxygen atoms in total. The Labute approximate surface area is 136 Å². The molecule has 134 valence electrons. The van der Waals surface area contributed by atoms with Crippen LogP contribution in [-0.2, 0) is 11.3 Å². The highest BCUT2D eigenvalue weighted by Gasteiger charge is 2.42. The lowest BCUT2D eigenvalue weighted by Gasteiger charge is -2.33. The summed E-state index contributed by atoms with van der Waals surface area (Å²) >= 11 is 0. The molecule has 0 radical (unpaired) electrons. The van der Waals surface area contributed by atoms with E-state index in [1.54, 1.807) is 20.8 Å². The van der Waals surface area contributed by atoms with Crippen LogP contribution in [0.15, 0.2) is 22.6 Å². The van der Waals surface area contributed by atoms with Crippen molar-refractivity contribution in [2.24, 2.45) is 10.7 Å². The molecule has 1 atom stereocenters. The first-order chi connectivity index (χ1) is 10.9. The zero-order valence-electron chi connectivity index (χ0n) is 13.8. The van der Waals surface area contributed by atoms with Crippen molar-refractivity contribution >= 4 is 6.21 Å². The van der Waals surface area contributed by atoms with E-state index in [1.165, 1.54) is 17.9 Å². The van der Waals surface area contributed by atoms with Gasteiger partial charge in [0.2, 0.25) is 5.79 Å². The van der Waals surface area contributed by atoms with Gasteiger partial charge in [0.25, 0.3) is 0 Å². The maximum atomic E-state index is 13.2. The smallest absolute Gasteiger partial charge is 0.374 e. The minimum Gasteiger partial charge on any atom is -0.374 e. The molecule has 1 aromatic rings. The number of nitrogens with two attached hydrogens (primary N) is 1. The van der Waals surface area contributed by atoms with Gasteiger partial charge in [-0.05, 0) is 20.8 Å². The third kappa shape index (κ3) is 3.10. The van der Waals surface area contributed by atoms with Crippen molar-refractivity contribution in [2.75, 3.05) is 13.7 Å². The van der Waals surface area contributed by atoms with E-state index in [9.17, 15) is 17.6 Å². The molecular formula is C14H20F4N6. The normalized spacial score (nSPS) is 21.9. The molecule has 0 aliphatic carbocycles. The molecule has 0 aromatic carbocycles. The van der Waals surface area contributed by atoms with Gasteiger partial charge in [0.15, 0.2) is 0 Å². The summed E-state index contributed by atoms with van der Waals surface area (Å²) in [6.45, 7) is 4.26. The average Bonchev–Trinajstić information content (AvgIpc) is 2.89. The standard InChI is InChI=1S/C14H20F4N6/c1-8-10(6-24(23-8)12(2,3)7-15)14(19)21-5-9(13(16,17)18)11(20-4)22-14/h5-6,20,22H,7,19H2,1-4H3. The van der Waals surface area contributed by atoms with Gasteiger partial charge >= 0.3 is 6.18 Å². The Morgan fingerprint density at radius 3 is 2.50 bits per heavy atom. The summed E-state index contributed by atoms with van der Waals surface area (Å²) in [5.74, 6) is -1.93. The number of nitrogens with zero attached hydrogens (tertiary/aromatic N) is 3. The van der Waals surface area contributed by atoms with E-state index in [1.807, 2.05) is 0 Å². The quantitative estimate of drug-likeness (QED) is 0.723. The number of hydrogen-bond donors (Lipinski definition) is 3. The van der Waals surface area contributed by atoms with Crippen LogP contribution in [0.2, 0.25) is 0 Å². The number of aliphatic imine (C=N–C) groups is 1. The average molecular weight is 348 g/mol. The largest absolute Gasteiger partial charge is 0.421 e. The predicted molar refractivity (Wildman–Crippen MR) is 81.9 cm³/mol. The van der Waals surface area contributed by atoms with Gasteiger partial charge in [0.05, 0.1) is 16.8 Å². The summed E-state index contributed by atoms with van der Waals surface area (Å²) in [6.07, 6.45) is -2.41. The molecule has 10 heteroatoms. The van der Waals surface area contributed by atoms with Crippen LogP contribution in [-0.4, -0.2) is 35.9 Å². The van der Waals surface area contributed by atoms with Crippen molar-refractivity contribution in [3.8, 4) is 0 Å². The van der Waals surface area contributed by atoms with Gasteiger partial charge in [-0.15, -0.1) is 0 Å². The molecule has 2 rings (SSSR count). The molecule has 1 aliphatic heterocycles. The van der Waals surface area contributed by atoms with E-state index in [4.69, 9.17) is 5.73 Å². The van der Waals surface area contributed by atoms with Crippen molar-refractivity contribution < 1.29 is 17.6 Å². The minimum atomic E-state index is -4.58. The highest BCUT2D eigenvalue weighted by Crippen LogP contribution is 2.32. The third-order valence-electron chi connectivity index (χ3n) is 3.79. The Morgan fingerprint density at radius 1 is 1.38 bits per heavy atom. The second-order valence-corrected chi connectivity index (χ2v) is 6.20. The number of halogens is 4. The van der Waals surface area contributed by atoms with Crippen LogP contribution in [0.3, 0.4) is 0 Å². The van der Waals surface area contributed by atoms with Gasteiger partial charge in [-0.2, -0.15) is 18.3 Å². The number of aromatic nitrogens is 2. The molecule has 0 bridgehead atoms. The van der Waals surface area contributed by atoms with E-state index in [0.29, 0.717) is 17.5 Å². The predicted octanol–water partition coefficient (Wildman–Crippen LogP) is 1.63. The molecule has 4 N–H and O–H groups in total. The van der Waals surface area contributed by atoms with Crippen LogP contribution in [0.1, 0.15) is 25.1 Å². The third-order valence-corrected chi connectivity index (χ3v) is 3.79. The van der Waals surface area contributed by atoms with E-state index >= 15 is 0 Å². The van der Waals surface area contributed by atoms with Crippen molar-refractivity contribution in [1.82, 2.24) is 20.4 Å². The van der Waals surface area contributed by atoms with Crippen molar-refractivity contribution in [2.45, 2.75) is 38.3 Å². The Morgan fingerprint density at radius 2 is 2.00 bits per heavy atom. The summed E-state index contributed by atoms with van der Waals surface area (Å²) in [5.41, 5.74) is 5.08. The molecule has 1 aliphatic rings. The number of alkyl halides is 4. The van der Waals surface area contributed by atoms with Crippen LogP contribution in [0, 0.1) is 6.92 Å². The fraction of sp³-hybridized carbons (Fsp3) is 0.571. The maximum absolute atomic E-state index is 13.2. The summed E-state index contributed by atoms with van der Waals surface area (Å²) < 4.78 is 53.5. The summed E-state index contributed by atoms with van der Waals surface area (Å²) in [6, 6.07) is 0. The number of hydrogen-bond acceptors (Lipinski definition) is 5. The summed E-state index contributed by atoms with van der Waals surface area (Å²) in [4.78, 5) is 3.84. The van der Waals surface area contributed by atoms with Gasteiger partial charge in [0.1, 0.15) is 18.1 Å². The van der Waals surface area contributed by atoms with Crippen LogP contribution in [0.25, 0.3) is 0 Å². The highest BCUT2D eigenvalue weighted by molar-refractivity contribution is 5.82. The molecule has 0 spiro atoms. The molecule has 0 saturated carbocycles. The lowest BCUT2D eigenvalue weighted by atomic mass is 10.1. The molecule has 24 heavy (non-hydrogen) atoms. The van der Waals surface area contributed by atoms with E-state index in [2.05, 4.69) is 20.7 Å². The fourth-order valence-electron chi connectivity index (χ4n) is 2.28. The van der Waals surface area contributed by atoms with Crippen LogP contribution in [0.5, 0.6) is 0 Å². The van der Waals surface area contributed by atoms with Gasteiger partial charge in [-0.3, -0.25) is 10.4 Å². The molecular weight excluding hydrogens is 328 g/mol. The lowest BCUT2D eigenvalue weighted by molar-refractivity contribution is -0.0875. The summed E-state index contributed by atoms with van der Waals surface area (Å²) in [7, 11) is 1.34. The van der Waals surface area contributed by atoms with Crippen molar-refractivity contribution in [3.63, 3.8) is 0 Å². The second kappa shape index (κ2) is 5.76. The van der Waals surface area contributed by atoms with E-state index in [-0.39, 0.29) is 5.82 Å². The van der Waals surface area contributed by atoms with E-state index < -0.39 is 29.7 Å². The van der Waals surface area contributed by atoms with Gasteiger partial charge in [0, 0.05) is 19.5 Å². The summed E-state index contributed by atoms with van der Waals surface area (Å²) in [5, 5.41) is 9.22. The number of allylic oxidation sites excluding steroid dienone is 1. The van der Waals surface area contributed by atoms with Gasteiger partial charge in [-0.25, -0.2) is 9.38 Å². The van der Waals surface area contributed by atoms with E-state index in [0.717, 1.165) is 0 Å². The zero-order valence-corrected chi connectivity index (χ0v) is 13.8. The zero-order chi connectivity index (χ0) is 18.3. The first-order valence-electron chi connectivity index (χ1n) is 7.19. The van der Waals surface area contributed by atoms with Crippen LogP contribution in [0.4, 0.5) is 17.6 Å². The molecule has 1 aromatic heterocycles. The highest BCUT2D eigenvalue weighted by atomic mass is 19.4. The molecule has 0 fully saturated rings. The first-order valence-corrected chi connectivity index (χ1v) is 7.19. The molecule has 2 heterocycles. The van der Waals surface area contributed by atoms with Crippen LogP contribution >= 0.6 is 0 Å². The Balaban J connectivity index is 2.45. The first kappa shape index (κ1) is 18.2. The number of nitrogens with one attached hydrogen (secondary N) is 2. The van der Waals surface area contributed by atoms with Crippen molar-refractivity contribution in [1.29, 1.82) is 0 Å². The maximum Gasteiger partial charge on any atom is 0.421 e. The molecule has 1 unspecified atom stereocenters. The molecule has 0 amide bonds. The fourth-order valence-corrected chi connectivity index (χ4v) is 2.28. The number of rotatable bonds is 4. The number of aryl methyl sites for hydroxylation is 1. The molecule has 0 saturated heterocycles. The Kier molecular flexibility index (Phi) is 4.38. The SMILES string of the molecule is CNC1=C(C(F)(F)F)C=NC(N)(c2cn(C(C)(C)CF)nc2C)N1. The van der Waals surface area contributed by atoms with Gasteiger partial charge < -0.3 is 10.6 Å². The van der Waals surface area contributed by atoms with Crippen LogP contribution < -0.4 is 16.4 Å². The van der Waals surface area contributed by atoms with Gasteiger partial charge in [-0.1, -0.05) is 0 Å². The minimum absolute atomic E-state index is 0.295.